The van der Waals surface area contributed by atoms with E-state index in [2.05, 4.69) is 63.6 Å². The number of halogens is 1. The zero-order chi connectivity index (χ0) is 33.2. The molecule has 3 aliphatic heterocycles. The molecule has 2 saturated heterocycles. The molecule has 0 N–H and O–H groups in total. The molecule has 11 heteroatoms. The van der Waals surface area contributed by atoms with E-state index in [1.165, 1.54) is 0 Å². The van der Waals surface area contributed by atoms with Gasteiger partial charge in [0.1, 0.15) is 12.4 Å². The molecule has 0 radical (unpaired) electrons. The van der Waals surface area contributed by atoms with Gasteiger partial charge in [0.15, 0.2) is 0 Å². The normalized spacial score (nSPS) is 19.6. The molecule has 0 unspecified atom stereocenters. The molecule has 3 aliphatic rings. The second kappa shape index (κ2) is 13.8. The van der Waals surface area contributed by atoms with Crippen LogP contribution in [0.4, 0.5) is 11.5 Å². The summed E-state index contributed by atoms with van der Waals surface area (Å²) in [5.74, 6) is 0.622. The molecule has 0 saturated carbocycles. The third-order valence-electron chi connectivity index (χ3n) is 9.87. The van der Waals surface area contributed by atoms with E-state index in [-0.39, 0.29) is 18.4 Å². The molecule has 2 fully saturated rings. The number of fused-ring (bicyclic) bond motifs is 2. The maximum Gasteiger partial charge on any atom is 0.318 e. The SMILES string of the molecule is C=C(C(=O)N1CCN(c2nc(OC[C@@H]3CCCN3C)nc3c2CCN(c2cccc4cccc(Cl)c24)C3)C[C@@H]1CC#N)c1ccccn1. The van der Waals surface area contributed by atoms with E-state index in [1.54, 1.807) is 23.2 Å². The Bertz CT molecular complexity index is 1870. The molecule has 10 nitrogen and oxygen atoms in total. The van der Waals surface area contributed by atoms with Crippen molar-refractivity contribution in [3.8, 4) is 12.1 Å². The molecule has 7 rings (SSSR count). The van der Waals surface area contributed by atoms with Gasteiger partial charge < -0.3 is 24.3 Å². The number of benzene rings is 2. The summed E-state index contributed by atoms with van der Waals surface area (Å²) < 4.78 is 6.34. The number of amides is 1. The van der Waals surface area contributed by atoms with Gasteiger partial charge in [0.2, 0.25) is 0 Å². The van der Waals surface area contributed by atoms with E-state index in [4.69, 9.17) is 26.3 Å². The summed E-state index contributed by atoms with van der Waals surface area (Å²) in [5.41, 5.74) is 3.94. The Morgan fingerprint density at radius 1 is 1.04 bits per heavy atom. The predicted molar refractivity (Wildman–Crippen MR) is 188 cm³/mol. The second-order valence-electron chi connectivity index (χ2n) is 12.8. The standard InChI is InChI=1S/C37H39ClN8O2/c1-25(31-12-3-4-17-40-31)36(47)46-21-20-45(22-27(46)14-16-39)35-29-15-19-44(33-13-6-9-26-8-5-11-30(38)34(26)33)23-32(29)41-37(42-35)48-24-28-10-7-18-43(28)2/h3-6,8-9,11-13,17,27-28H,1,7,10,14-15,18-24H2,2H3/t27-,28-/m0/s1. The summed E-state index contributed by atoms with van der Waals surface area (Å²) in [6, 6.07) is 20.4. The van der Waals surface area contributed by atoms with E-state index < -0.39 is 0 Å². The lowest BCUT2D eigenvalue weighted by Gasteiger charge is -2.42. The van der Waals surface area contributed by atoms with Crippen LogP contribution >= 0.6 is 11.6 Å². The molecule has 4 aromatic rings. The predicted octanol–water partition coefficient (Wildman–Crippen LogP) is 5.36. The van der Waals surface area contributed by atoms with E-state index >= 15 is 0 Å². The molecular weight excluding hydrogens is 624 g/mol. The highest BCUT2D eigenvalue weighted by Gasteiger charge is 2.35. The minimum Gasteiger partial charge on any atom is -0.462 e. The van der Waals surface area contributed by atoms with Crippen LogP contribution in [-0.2, 0) is 17.8 Å². The maximum atomic E-state index is 13.6. The van der Waals surface area contributed by atoms with Gasteiger partial charge in [-0.3, -0.25) is 9.78 Å². The van der Waals surface area contributed by atoms with Crippen molar-refractivity contribution in [1.29, 1.82) is 5.26 Å². The van der Waals surface area contributed by atoms with Gasteiger partial charge in [-0.25, -0.2) is 0 Å². The molecule has 0 bridgehead atoms. The fraction of sp³-hybridized carbons (Fsp3) is 0.378. The van der Waals surface area contributed by atoms with Crippen LogP contribution in [0.5, 0.6) is 6.01 Å². The van der Waals surface area contributed by atoms with Gasteiger partial charge >= 0.3 is 6.01 Å². The minimum absolute atomic E-state index is 0.192. The van der Waals surface area contributed by atoms with Crippen LogP contribution < -0.4 is 14.5 Å². The van der Waals surface area contributed by atoms with Gasteiger partial charge in [-0.2, -0.15) is 15.2 Å². The van der Waals surface area contributed by atoms with Crippen molar-refractivity contribution < 1.29 is 9.53 Å². The van der Waals surface area contributed by atoms with Gasteiger partial charge in [0, 0.05) is 55.1 Å². The molecule has 0 spiro atoms. The van der Waals surface area contributed by atoms with Crippen molar-refractivity contribution >= 4 is 45.4 Å². The molecule has 0 aliphatic carbocycles. The molecule has 1 amide bonds. The number of nitriles is 1. The van der Waals surface area contributed by atoms with Gasteiger partial charge in [-0.05, 0) is 62.5 Å². The van der Waals surface area contributed by atoms with Crippen molar-refractivity contribution in [2.24, 2.45) is 0 Å². The number of nitrogens with zero attached hydrogens (tertiary/aromatic N) is 8. The maximum absolute atomic E-state index is 13.6. The van der Waals surface area contributed by atoms with E-state index in [1.807, 2.05) is 18.2 Å². The van der Waals surface area contributed by atoms with Crippen LogP contribution in [0.2, 0.25) is 5.02 Å². The quantitative estimate of drug-likeness (QED) is 0.231. The number of pyridine rings is 1. The first-order chi connectivity index (χ1) is 23.4. The lowest BCUT2D eigenvalue weighted by atomic mass is 10.0. The number of carbonyl (C=O) groups excluding carboxylic acids is 1. The molecular formula is C37H39ClN8O2. The number of hydrogen-bond donors (Lipinski definition) is 0. The van der Waals surface area contributed by atoms with Gasteiger partial charge in [0.05, 0.1) is 47.1 Å². The average Bonchev–Trinajstić information content (AvgIpc) is 3.54. The van der Waals surface area contributed by atoms with Gasteiger partial charge in [-0.15, -0.1) is 0 Å². The third-order valence-corrected chi connectivity index (χ3v) is 10.2. The van der Waals surface area contributed by atoms with Crippen LogP contribution in [0, 0.1) is 11.3 Å². The number of rotatable bonds is 8. The number of anilines is 2. The second-order valence-corrected chi connectivity index (χ2v) is 13.2. The zero-order valence-electron chi connectivity index (χ0n) is 27.2. The van der Waals surface area contributed by atoms with Crippen LogP contribution in [-0.4, -0.2) is 89.1 Å². The number of hydrogen-bond acceptors (Lipinski definition) is 9. The summed E-state index contributed by atoms with van der Waals surface area (Å²) in [7, 11) is 2.13. The topological polar surface area (TPSA) is 102 Å². The summed E-state index contributed by atoms with van der Waals surface area (Å²) in [5, 5.41) is 12.6. The van der Waals surface area contributed by atoms with Crippen molar-refractivity contribution in [3.05, 3.63) is 89.3 Å². The first kappa shape index (κ1) is 31.9. The number of carbonyl (C=O) groups is 1. The largest absolute Gasteiger partial charge is 0.462 e. The van der Waals surface area contributed by atoms with Crippen molar-refractivity contribution in [1.82, 2.24) is 24.8 Å². The molecule has 48 heavy (non-hydrogen) atoms. The summed E-state index contributed by atoms with van der Waals surface area (Å²) >= 11 is 6.73. The highest BCUT2D eigenvalue weighted by Crippen LogP contribution is 2.37. The molecule has 2 atom stereocenters. The van der Waals surface area contributed by atoms with E-state index in [0.29, 0.717) is 56.1 Å². The van der Waals surface area contributed by atoms with Crippen LogP contribution in [0.3, 0.4) is 0 Å². The van der Waals surface area contributed by atoms with Gasteiger partial charge in [-0.1, -0.05) is 48.5 Å². The number of likely N-dealkylation sites (tertiary alicyclic amines) is 1. The lowest BCUT2D eigenvalue weighted by molar-refractivity contribution is -0.127. The summed E-state index contributed by atoms with van der Waals surface area (Å²) in [6.07, 6.45) is 4.81. The minimum atomic E-state index is -0.336. The van der Waals surface area contributed by atoms with Crippen molar-refractivity contribution in [2.45, 2.75) is 44.3 Å². The summed E-state index contributed by atoms with van der Waals surface area (Å²) in [4.78, 5) is 36.6. The van der Waals surface area contributed by atoms with Crippen molar-refractivity contribution in [2.75, 3.05) is 56.2 Å². The first-order valence-electron chi connectivity index (χ1n) is 16.6. The Labute approximate surface area is 286 Å². The van der Waals surface area contributed by atoms with E-state index in [0.717, 1.165) is 70.9 Å². The van der Waals surface area contributed by atoms with E-state index in [9.17, 15) is 10.1 Å². The molecule has 2 aromatic heterocycles. The molecule has 2 aromatic carbocycles. The van der Waals surface area contributed by atoms with Crippen molar-refractivity contribution in [3.63, 3.8) is 0 Å². The monoisotopic (exact) mass is 662 g/mol. The Morgan fingerprint density at radius 3 is 2.67 bits per heavy atom. The smallest absolute Gasteiger partial charge is 0.318 e. The summed E-state index contributed by atoms with van der Waals surface area (Å²) in [6.45, 7) is 8.43. The number of ether oxygens (including phenoxy) is 1. The Hall–Kier alpha value is -4.72. The number of likely N-dealkylation sites (N-methyl/N-ethyl adjacent to an activating group) is 1. The highest BCUT2D eigenvalue weighted by molar-refractivity contribution is 6.36. The number of aromatic nitrogens is 3. The first-order valence-corrected chi connectivity index (χ1v) is 17.0. The fourth-order valence-electron chi connectivity index (χ4n) is 7.24. The average molecular weight is 663 g/mol. The fourth-order valence-corrected chi connectivity index (χ4v) is 7.52. The molecule has 246 valence electrons. The third kappa shape index (κ3) is 6.28. The number of piperazine rings is 1. The Balaban J connectivity index is 1.19. The van der Waals surface area contributed by atoms with Crippen LogP contribution in [0.15, 0.2) is 67.4 Å². The van der Waals surface area contributed by atoms with Gasteiger partial charge in [0.25, 0.3) is 5.91 Å². The van der Waals surface area contributed by atoms with Crippen LogP contribution in [0.1, 0.15) is 36.2 Å². The Morgan fingerprint density at radius 2 is 1.90 bits per heavy atom. The molecule has 5 heterocycles. The lowest BCUT2D eigenvalue weighted by Crippen LogP contribution is -2.56. The zero-order valence-corrected chi connectivity index (χ0v) is 27.9. The van der Waals surface area contributed by atoms with Crippen LogP contribution in [0.25, 0.3) is 16.3 Å². The highest BCUT2D eigenvalue weighted by atomic mass is 35.5. The Kier molecular flexibility index (Phi) is 9.15.